The topological polar surface area (TPSA) is 70.1 Å². The predicted molar refractivity (Wildman–Crippen MR) is 97.6 cm³/mol. The number of hydrogen-bond donors (Lipinski definition) is 2. The van der Waals surface area contributed by atoms with E-state index in [0.29, 0.717) is 17.0 Å². The van der Waals surface area contributed by atoms with Crippen LogP contribution in [0.15, 0.2) is 70.7 Å². The Morgan fingerprint density at radius 3 is 2.44 bits per heavy atom. The van der Waals surface area contributed by atoms with Crippen molar-refractivity contribution < 1.29 is 8.78 Å². The second-order valence-electron chi connectivity index (χ2n) is 6.40. The van der Waals surface area contributed by atoms with Gasteiger partial charge in [0.15, 0.2) is 0 Å². The monoisotopic (exact) mass is 366 g/mol. The van der Waals surface area contributed by atoms with Crippen LogP contribution in [0.5, 0.6) is 0 Å². The van der Waals surface area contributed by atoms with Crippen molar-refractivity contribution in [3.05, 3.63) is 99.7 Å². The van der Waals surface area contributed by atoms with Gasteiger partial charge in [-0.05, 0) is 36.8 Å². The molecule has 0 spiro atoms. The maximum atomic E-state index is 13.5. The molecule has 0 aliphatic carbocycles. The van der Waals surface area contributed by atoms with E-state index in [9.17, 15) is 13.6 Å². The van der Waals surface area contributed by atoms with Gasteiger partial charge in [-0.3, -0.25) is 9.79 Å². The molecular weight excluding hydrogens is 350 g/mol. The Morgan fingerprint density at radius 1 is 1.04 bits per heavy atom. The average Bonchev–Trinajstić information content (AvgIpc) is 3.01. The lowest BCUT2D eigenvalue weighted by Crippen LogP contribution is -2.48. The van der Waals surface area contributed by atoms with Crippen LogP contribution in [0.3, 0.4) is 0 Å². The van der Waals surface area contributed by atoms with Gasteiger partial charge in [0.1, 0.15) is 17.2 Å². The summed E-state index contributed by atoms with van der Waals surface area (Å²) in [6.45, 7) is 1.90. The number of aromatic amines is 1. The van der Waals surface area contributed by atoms with Gasteiger partial charge in [0, 0.05) is 29.6 Å². The summed E-state index contributed by atoms with van der Waals surface area (Å²) in [4.78, 5) is 22.7. The molecule has 7 heteroatoms. The van der Waals surface area contributed by atoms with Crippen LogP contribution in [0.25, 0.3) is 0 Å². The lowest BCUT2D eigenvalue weighted by molar-refractivity contribution is 0.430. The fourth-order valence-corrected chi connectivity index (χ4v) is 3.47. The number of benzene rings is 1. The number of H-pyrrole nitrogens is 1. The normalized spacial score (nSPS) is 21.6. The SMILES string of the molecule is C[C@@H]1N=C(c2cc[nH]c(=O)c2)N[C@@]1(c1ccc(F)cc1)c1ccc(F)nc1. The Bertz CT molecular complexity index is 1010. The quantitative estimate of drug-likeness (QED) is 0.701. The lowest BCUT2D eigenvalue weighted by atomic mass is 9.79. The van der Waals surface area contributed by atoms with E-state index in [1.807, 2.05) is 6.92 Å². The molecule has 0 amide bonds. The van der Waals surface area contributed by atoms with Gasteiger partial charge in [-0.1, -0.05) is 18.2 Å². The molecule has 1 aliphatic rings. The predicted octanol–water partition coefficient (Wildman–Crippen LogP) is 2.73. The van der Waals surface area contributed by atoms with Gasteiger partial charge >= 0.3 is 0 Å². The molecule has 4 rings (SSSR count). The largest absolute Gasteiger partial charge is 0.354 e. The van der Waals surface area contributed by atoms with Gasteiger partial charge in [-0.15, -0.1) is 0 Å². The molecule has 0 fully saturated rings. The van der Waals surface area contributed by atoms with E-state index in [1.54, 1.807) is 30.5 Å². The first kappa shape index (κ1) is 17.1. The highest BCUT2D eigenvalue weighted by Gasteiger charge is 2.45. The van der Waals surface area contributed by atoms with Crippen LogP contribution >= 0.6 is 0 Å². The molecule has 3 heterocycles. The maximum absolute atomic E-state index is 13.5. The number of aromatic nitrogens is 2. The van der Waals surface area contributed by atoms with Crippen molar-refractivity contribution in [1.82, 2.24) is 15.3 Å². The molecule has 0 saturated heterocycles. The molecule has 2 atom stereocenters. The number of nitrogens with one attached hydrogen (secondary N) is 2. The zero-order chi connectivity index (χ0) is 19.0. The Kier molecular flexibility index (Phi) is 4.07. The Hall–Kier alpha value is -3.35. The molecular formula is C20H16F2N4O. The highest BCUT2D eigenvalue weighted by atomic mass is 19.1. The number of hydrogen-bond acceptors (Lipinski definition) is 4. The van der Waals surface area contributed by atoms with E-state index < -0.39 is 11.5 Å². The number of amidine groups is 1. The van der Waals surface area contributed by atoms with E-state index in [-0.39, 0.29) is 17.4 Å². The molecule has 1 aliphatic heterocycles. The summed E-state index contributed by atoms with van der Waals surface area (Å²) in [7, 11) is 0. The van der Waals surface area contributed by atoms with Crippen molar-refractivity contribution in [2.75, 3.05) is 0 Å². The van der Waals surface area contributed by atoms with E-state index in [0.717, 1.165) is 5.56 Å². The minimum Gasteiger partial charge on any atom is -0.354 e. The fourth-order valence-electron chi connectivity index (χ4n) is 3.47. The molecule has 3 aromatic rings. The van der Waals surface area contributed by atoms with Gasteiger partial charge < -0.3 is 10.3 Å². The number of rotatable bonds is 3. The van der Waals surface area contributed by atoms with Gasteiger partial charge in [0.05, 0.1) is 6.04 Å². The van der Waals surface area contributed by atoms with Gasteiger partial charge in [0.2, 0.25) is 11.5 Å². The smallest absolute Gasteiger partial charge is 0.248 e. The number of nitrogens with zero attached hydrogens (tertiary/aromatic N) is 2. The third-order valence-electron chi connectivity index (χ3n) is 4.80. The summed E-state index contributed by atoms with van der Waals surface area (Å²) >= 11 is 0. The lowest BCUT2D eigenvalue weighted by Gasteiger charge is -2.34. The van der Waals surface area contributed by atoms with E-state index in [2.05, 4.69) is 20.3 Å². The van der Waals surface area contributed by atoms with Gasteiger partial charge in [0.25, 0.3) is 0 Å². The molecule has 5 nitrogen and oxygen atoms in total. The maximum Gasteiger partial charge on any atom is 0.248 e. The summed E-state index contributed by atoms with van der Waals surface area (Å²) in [6.07, 6.45) is 2.99. The molecule has 1 aromatic carbocycles. The molecule has 2 aromatic heterocycles. The first-order chi connectivity index (χ1) is 13.0. The third-order valence-corrected chi connectivity index (χ3v) is 4.80. The van der Waals surface area contributed by atoms with Crippen LogP contribution in [-0.4, -0.2) is 21.8 Å². The summed E-state index contributed by atoms with van der Waals surface area (Å²) < 4.78 is 26.9. The van der Waals surface area contributed by atoms with Crippen molar-refractivity contribution in [3.63, 3.8) is 0 Å². The van der Waals surface area contributed by atoms with Crippen LogP contribution in [-0.2, 0) is 5.54 Å². The van der Waals surface area contributed by atoms with Crippen LogP contribution in [0.4, 0.5) is 8.78 Å². The number of aliphatic imine (C=N–C) groups is 1. The van der Waals surface area contributed by atoms with Gasteiger partial charge in [-0.2, -0.15) is 4.39 Å². The minimum atomic E-state index is -0.869. The number of pyridine rings is 2. The second kappa shape index (κ2) is 6.42. The van der Waals surface area contributed by atoms with E-state index in [4.69, 9.17) is 0 Å². The molecule has 2 N–H and O–H groups in total. The van der Waals surface area contributed by atoms with Crippen LogP contribution < -0.4 is 10.9 Å². The average molecular weight is 366 g/mol. The Labute approximate surface area is 153 Å². The summed E-state index contributed by atoms with van der Waals surface area (Å²) in [5.41, 5.74) is 0.962. The van der Waals surface area contributed by atoms with Crippen molar-refractivity contribution in [3.8, 4) is 0 Å². The molecule has 0 saturated carbocycles. The zero-order valence-corrected chi connectivity index (χ0v) is 14.4. The molecule has 27 heavy (non-hydrogen) atoms. The van der Waals surface area contributed by atoms with Crippen molar-refractivity contribution in [2.45, 2.75) is 18.5 Å². The highest BCUT2D eigenvalue weighted by molar-refractivity contribution is 6.01. The molecule has 136 valence electrons. The Morgan fingerprint density at radius 2 is 1.78 bits per heavy atom. The van der Waals surface area contributed by atoms with Crippen molar-refractivity contribution in [1.29, 1.82) is 0 Å². The summed E-state index contributed by atoms with van der Waals surface area (Å²) in [6, 6.07) is 11.8. The van der Waals surface area contributed by atoms with E-state index in [1.165, 1.54) is 30.5 Å². The highest BCUT2D eigenvalue weighted by Crippen LogP contribution is 2.38. The Balaban J connectivity index is 1.86. The molecule has 0 radical (unpaired) electrons. The van der Waals surface area contributed by atoms with Crippen LogP contribution in [0.2, 0.25) is 0 Å². The van der Waals surface area contributed by atoms with Crippen LogP contribution in [0.1, 0.15) is 23.6 Å². The molecule has 0 bridgehead atoms. The summed E-state index contributed by atoms with van der Waals surface area (Å²) in [5, 5.41) is 3.38. The van der Waals surface area contributed by atoms with Gasteiger partial charge in [-0.25, -0.2) is 9.37 Å². The van der Waals surface area contributed by atoms with E-state index >= 15 is 0 Å². The fraction of sp³-hybridized carbons (Fsp3) is 0.150. The standard InChI is InChI=1S/C20H16F2N4O/c1-12-20(14-2-5-16(21)6-3-14,15-4-7-17(22)24-11-15)26-19(25-12)13-8-9-23-18(27)10-13/h2-12H,1H3,(H,23,27)(H,25,26)/t12-,20-/m0/s1. The minimum absolute atomic E-state index is 0.243. The first-order valence-electron chi connectivity index (χ1n) is 8.42. The van der Waals surface area contributed by atoms with Crippen molar-refractivity contribution >= 4 is 5.84 Å². The molecule has 0 unspecified atom stereocenters. The number of halogens is 2. The zero-order valence-electron chi connectivity index (χ0n) is 14.4. The third kappa shape index (κ3) is 2.91. The van der Waals surface area contributed by atoms with Crippen molar-refractivity contribution in [2.24, 2.45) is 4.99 Å². The summed E-state index contributed by atoms with van der Waals surface area (Å²) in [5.74, 6) is -0.413. The first-order valence-corrected chi connectivity index (χ1v) is 8.42. The second-order valence-corrected chi connectivity index (χ2v) is 6.40. The van der Waals surface area contributed by atoms with Crippen LogP contribution in [0, 0.1) is 11.8 Å².